The van der Waals surface area contributed by atoms with Crippen LogP contribution >= 0.6 is 23.5 Å². The summed E-state index contributed by atoms with van der Waals surface area (Å²) in [7, 11) is 0. The smallest absolute Gasteiger partial charge is 0.250 e. The highest BCUT2D eigenvalue weighted by Crippen LogP contribution is 2.36. The molecule has 1 saturated heterocycles. The number of nitrogens with one attached hydrogen (secondary N) is 1. The third kappa shape index (κ3) is 2.81. The Morgan fingerprint density at radius 2 is 2.06 bits per heavy atom. The number of nitrogens with zero attached hydrogens (tertiary/aromatic N) is 1. The average Bonchev–Trinajstić information content (AvgIpc) is 2.64. The van der Waals surface area contributed by atoms with Crippen LogP contribution in [0.2, 0.25) is 0 Å². The van der Waals surface area contributed by atoms with Crippen LogP contribution in [0.4, 0.5) is 0 Å². The third-order valence-corrected chi connectivity index (χ3v) is 6.68. The second-order valence-corrected chi connectivity index (χ2v) is 8.06. The Hall–Kier alpha value is -0.160. The molecule has 96 valence electrons. The van der Waals surface area contributed by atoms with Gasteiger partial charge in [0.25, 0.3) is 0 Å². The number of hydrogen-bond donors (Lipinski definition) is 1. The molecule has 0 radical (unpaired) electrons. The predicted molar refractivity (Wildman–Crippen MR) is 77.0 cm³/mol. The van der Waals surface area contributed by atoms with E-state index in [0.717, 1.165) is 11.6 Å². The lowest BCUT2D eigenvalue weighted by Crippen LogP contribution is -2.39. The summed E-state index contributed by atoms with van der Waals surface area (Å²) in [6.07, 6.45) is 0. The lowest BCUT2D eigenvalue weighted by Gasteiger charge is -2.30. The van der Waals surface area contributed by atoms with Crippen molar-refractivity contribution in [1.29, 1.82) is 0 Å². The van der Waals surface area contributed by atoms with Crippen LogP contribution in [0.3, 0.4) is 0 Å². The number of amidine groups is 1. The van der Waals surface area contributed by atoms with E-state index in [-0.39, 0.29) is 17.9 Å². The first-order chi connectivity index (χ1) is 7.99. The number of carbonyl (C=O) groups excluding carboxylic acids is 1. The Morgan fingerprint density at radius 1 is 1.35 bits per heavy atom. The highest BCUT2D eigenvalue weighted by molar-refractivity contribution is 8.08. The van der Waals surface area contributed by atoms with E-state index in [2.05, 4.69) is 24.2 Å². The van der Waals surface area contributed by atoms with Gasteiger partial charge in [0, 0.05) is 16.3 Å². The van der Waals surface area contributed by atoms with Crippen molar-refractivity contribution in [3.8, 4) is 0 Å². The molecule has 2 aliphatic heterocycles. The van der Waals surface area contributed by atoms with Crippen molar-refractivity contribution < 1.29 is 4.79 Å². The van der Waals surface area contributed by atoms with Gasteiger partial charge in [-0.1, -0.05) is 27.7 Å². The topological polar surface area (TPSA) is 41.5 Å². The molecule has 3 nitrogen and oxygen atoms in total. The minimum absolute atomic E-state index is 0.0758. The van der Waals surface area contributed by atoms with Gasteiger partial charge < -0.3 is 5.32 Å². The van der Waals surface area contributed by atoms with Crippen LogP contribution in [0.25, 0.3) is 0 Å². The molecule has 17 heavy (non-hydrogen) atoms. The molecular weight excluding hydrogens is 252 g/mol. The Bertz CT molecular complexity index is 343. The van der Waals surface area contributed by atoms with Crippen LogP contribution in [-0.2, 0) is 4.79 Å². The van der Waals surface area contributed by atoms with Crippen LogP contribution < -0.4 is 5.32 Å². The quantitative estimate of drug-likeness (QED) is 0.837. The minimum atomic E-state index is -0.176. The van der Waals surface area contributed by atoms with Crippen LogP contribution in [-0.4, -0.2) is 39.3 Å². The van der Waals surface area contributed by atoms with Gasteiger partial charge in [0.1, 0.15) is 11.9 Å². The maximum atomic E-state index is 11.8. The van der Waals surface area contributed by atoms with Crippen molar-refractivity contribution in [1.82, 2.24) is 5.32 Å². The maximum absolute atomic E-state index is 11.8. The van der Waals surface area contributed by atoms with Gasteiger partial charge in [-0.25, -0.2) is 0 Å². The SMILES string of the molecule is CC(C)C1N=C(C2CSC(C)C(C)S2)NC1=O. The zero-order valence-corrected chi connectivity index (χ0v) is 12.4. The normalized spacial score (nSPS) is 38.2. The van der Waals surface area contributed by atoms with Crippen molar-refractivity contribution in [2.45, 2.75) is 49.5 Å². The molecule has 0 aromatic carbocycles. The fraction of sp³-hybridized carbons (Fsp3) is 0.833. The molecule has 0 aliphatic carbocycles. The number of amides is 1. The van der Waals surface area contributed by atoms with E-state index in [0.29, 0.717) is 15.7 Å². The summed E-state index contributed by atoms with van der Waals surface area (Å²) in [5.41, 5.74) is 0. The molecule has 1 N–H and O–H groups in total. The number of thioether (sulfide) groups is 2. The summed E-state index contributed by atoms with van der Waals surface area (Å²) in [5.74, 6) is 2.32. The molecule has 0 aromatic heterocycles. The molecule has 1 amide bonds. The molecular formula is C12H20N2OS2. The van der Waals surface area contributed by atoms with Crippen LogP contribution in [0.5, 0.6) is 0 Å². The van der Waals surface area contributed by atoms with Crippen molar-refractivity contribution in [3.05, 3.63) is 0 Å². The van der Waals surface area contributed by atoms with Crippen molar-refractivity contribution >= 4 is 35.3 Å². The summed E-state index contributed by atoms with van der Waals surface area (Å²) in [5, 5.41) is 4.64. The Morgan fingerprint density at radius 3 is 2.59 bits per heavy atom. The molecule has 1 fully saturated rings. The highest BCUT2D eigenvalue weighted by atomic mass is 32.2. The standard InChI is InChI=1S/C12H20N2OS2/c1-6(2)10-12(15)14-11(13-10)9-5-16-7(3)8(4)17-9/h6-10H,5H2,1-4H3,(H,13,14,15). The Balaban J connectivity index is 2.04. The maximum Gasteiger partial charge on any atom is 0.250 e. The molecule has 4 unspecified atom stereocenters. The lowest BCUT2D eigenvalue weighted by molar-refractivity contribution is -0.120. The van der Waals surface area contributed by atoms with E-state index in [1.54, 1.807) is 0 Å². The summed E-state index contributed by atoms with van der Waals surface area (Å²) in [6, 6.07) is -0.176. The van der Waals surface area contributed by atoms with Crippen LogP contribution in [0.1, 0.15) is 27.7 Å². The molecule has 4 atom stereocenters. The fourth-order valence-electron chi connectivity index (χ4n) is 1.98. The van der Waals surface area contributed by atoms with Gasteiger partial charge in [-0.05, 0) is 5.92 Å². The second-order valence-electron chi connectivity index (χ2n) is 5.06. The largest absolute Gasteiger partial charge is 0.312 e. The molecule has 0 bridgehead atoms. The molecule has 2 rings (SSSR count). The zero-order valence-electron chi connectivity index (χ0n) is 10.8. The third-order valence-electron chi connectivity index (χ3n) is 3.28. The molecule has 2 aliphatic rings. The molecule has 5 heteroatoms. The minimum Gasteiger partial charge on any atom is -0.312 e. The number of aliphatic imine (C=N–C) groups is 1. The first kappa shape index (κ1) is 13.3. The summed E-state index contributed by atoms with van der Waals surface area (Å²) < 4.78 is 0. The molecule has 0 saturated carbocycles. The van der Waals surface area contributed by atoms with E-state index in [4.69, 9.17) is 0 Å². The number of carbonyl (C=O) groups is 1. The van der Waals surface area contributed by atoms with Gasteiger partial charge in [-0.3, -0.25) is 9.79 Å². The van der Waals surface area contributed by atoms with E-state index in [1.165, 1.54) is 0 Å². The van der Waals surface area contributed by atoms with Gasteiger partial charge in [0.2, 0.25) is 5.91 Å². The first-order valence-electron chi connectivity index (χ1n) is 6.14. The summed E-state index contributed by atoms with van der Waals surface area (Å²) in [6.45, 7) is 8.62. The molecule has 2 heterocycles. The highest BCUT2D eigenvalue weighted by Gasteiger charge is 2.36. The summed E-state index contributed by atoms with van der Waals surface area (Å²) >= 11 is 3.92. The average molecular weight is 272 g/mol. The molecule has 0 aromatic rings. The van der Waals surface area contributed by atoms with Crippen LogP contribution in [0.15, 0.2) is 4.99 Å². The van der Waals surface area contributed by atoms with E-state index in [9.17, 15) is 4.79 Å². The second kappa shape index (κ2) is 5.22. The van der Waals surface area contributed by atoms with Crippen molar-refractivity contribution in [2.75, 3.05) is 5.75 Å². The van der Waals surface area contributed by atoms with Crippen molar-refractivity contribution in [3.63, 3.8) is 0 Å². The van der Waals surface area contributed by atoms with E-state index in [1.807, 2.05) is 37.4 Å². The van der Waals surface area contributed by atoms with Crippen LogP contribution in [0, 0.1) is 5.92 Å². The fourth-order valence-corrected chi connectivity index (χ4v) is 4.86. The Kier molecular flexibility index (Phi) is 4.08. The first-order valence-corrected chi connectivity index (χ1v) is 8.13. The number of hydrogen-bond acceptors (Lipinski definition) is 4. The van der Waals surface area contributed by atoms with Gasteiger partial charge in [0.05, 0.1) is 5.25 Å². The monoisotopic (exact) mass is 272 g/mol. The van der Waals surface area contributed by atoms with E-state index < -0.39 is 0 Å². The molecule has 0 spiro atoms. The van der Waals surface area contributed by atoms with Gasteiger partial charge >= 0.3 is 0 Å². The zero-order chi connectivity index (χ0) is 12.6. The predicted octanol–water partition coefficient (Wildman–Crippen LogP) is 2.16. The van der Waals surface area contributed by atoms with Gasteiger partial charge in [0.15, 0.2) is 0 Å². The Labute approximate surface area is 112 Å². The van der Waals surface area contributed by atoms with E-state index >= 15 is 0 Å². The van der Waals surface area contributed by atoms with Gasteiger partial charge in [-0.15, -0.1) is 11.8 Å². The number of rotatable bonds is 2. The van der Waals surface area contributed by atoms with Crippen molar-refractivity contribution in [2.24, 2.45) is 10.9 Å². The van der Waals surface area contributed by atoms with Gasteiger partial charge in [-0.2, -0.15) is 11.8 Å². The lowest BCUT2D eigenvalue weighted by atomic mass is 10.1. The summed E-state index contributed by atoms with van der Waals surface area (Å²) in [4.78, 5) is 16.3.